The zero-order valence-corrected chi connectivity index (χ0v) is 14.6. The molecular formula is C17H31N5O. The van der Waals surface area contributed by atoms with Gasteiger partial charge in [-0.2, -0.15) is 0 Å². The molecule has 1 aliphatic carbocycles. The standard InChI is InChI=1S/C17H31N5O/c1-3-21(14-5-6-14)10-8-19-16(18-2)22-9-4-7-17(13-22)11-15(23)20-12-17/h14H,3-13H2,1-2H3,(H,18,19)(H,20,23). The number of piperidine rings is 1. The number of amides is 1. The van der Waals surface area contributed by atoms with E-state index in [0.29, 0.717) is 6.42 Å². The highest BCUT2D eigenvalue weighted by molar-refractivity contribution is 5.81. The van der Waals surface area contributed by atoms with Crippen LogP contribution in [-0.4, -0.2) is 74.0 Å². The summed E-state index contributed by atoms with van der Waals surface area (Å²) in [4.78, 5) is 21.0. The Morgan fingerprint density at radius 2 is 2.35 bits per heavy atom. The van der Waals surface area contributed by atoms with Crippen LogP contribution < -0.4 is 10.6 Å². The van der Waals surface area contributed by atoms with Crippen LogP contribution in [0.2, 0.25) is 0 Å². The zero-order chi connectivity index (χ0) is 16.3. The lowest BCUT2D eigenvalue weighted by molar-refractivity contribution is -0.119. The van der Waals surface area contributed by atoms with Crippen molar-refractivity contribution in [2.75, 3.05) is 46.3 Å². The van der Waals surface area contributed by atoms with Crippen molar-refractivity contribution in [1.29, 1.82) is 0 Å². The van der Waals surface area contributed by atoms with E-state index < -0.39 is 0 Å². The van der Waals surface area contributed by atoms with Gasteiger partial charge in [0.1, 0.15) is 0 Å². The molecule has 1 amide bonds. The fourth-order valence-corrected chi connectivity index (χ4v) is 4.11. The molecule has 1 atom stereocenters. The molecule has 130 valence electrons. The molecule has 1 spiro atoms. The van der Waals surface area contributed by atoms with Crippen molar-refractivity contribution in [2.45, 2.75) is 45.1 Å². The minimum absolute atomic E-state index is 0.121. The molecule has 6 heteroatoms. The Hall–Kier alpha value is -1.30. The molecule has 0 aromatic heterocycles. The summed E-state index contributed by atoms with van der Waals surface area (Å²) in [6, 6.07) is 0.817. The molecular weight excluding hydrogens is 290 g/mol. The smallest absolute Gasteiger partial charge is 0.220 e. The fourth-order valence-electron chi connectivity index (χ4n) is 4.11. The van der Waals surface area contributed by atoms with E-state index in [9.17, 15) is 4.79 Å². The average molecular weight is 321 g/mol. The lowest BCUT2D eigenvalue weighted by Crippen LogP contribution is -2.52. The Labute approximate surface area is 139 Å². The second-order valence-corrected chi connectivity index (χ2v) is 7.31. The topological polar surface area (TPSA) is 60.0 Å². The first kappa shape index (κ1) is 16.6. The summed E-state index contributed by atoms with van der Waals surface area (Å²) in [6.07, 6.45) is 5.67. The summed E-state index contributed by atoms with van der Waals surface area (Å²) in [5.41, 5.74) is 0.121. The maximum atomic E-state index is 11.6. The third-order valence-corrected chi connectivity index (χ3v) is 5.52. The van der Waals surface area contributed by atoms with E-state index in [4.69, 9.17) is 0 Å². The van der Waals surface area contributed by atoms with E-state index in [2.05, 4.69) is 32.3 Å². The molecule has 3 rings (SSSR count). The first-order valence-electron chi connectivity index (χ1n) is 9.12. The highest BCUT2D eigenvalue weighted by atomic mass is 16.1. The van der Waals surface area contributed by atoms with Gasteiger partial charge in [-0.25, -0.2) is 0 Å². The first-order chi connectivity index (χ1) is 11.2. The number of carbonyl (C=O) groups is 1. The van der Waals surface area contributed by atoms with Crippen LogP contribution >= 0.6 is 0 Å². The van der Waals surface area contributed by atoms with Crippen LogP contribution in [0.5, 0.6) is 0 Å². The Bertz CT molecular complexity index is 462. The van der Waals surface area contributed by atoms with Crippen molar-refractivity contribution in [3.05, 3.63) is 0 Å². The summed E-state index contributed by atoms with van der Waals surface area (Å²) in [5.74, 6) is 1.20. The van der Waals surface area contributed by atoms with E-state index in [1.807, 2.05) is 7.05 Å². The Morgan fingerprint density at radius 3 is 2.96 bits per heavy atom. The van der Waals surface area contributed by atoms with Crippen LogP contribution in [0.25, 0.3) is 0 Å². The number of likely N-dealkylation sites (N-methyl/N-ethyl adjacent to an activating group) is 1. The summed E-state index contributed by atoms with van der Waals surface area (Å²) >= 11 is 0. The van der Waals surface area contributed by atoms with E-state index in [0.717, 1.165) is 64.1 Å². The lowest BCUT2D eigenvalue weighted by Gasteiger charge is -2.40. The molecule has 2 saturated heterocycles. The summed E-state index contributed by atoms with van der Waals surface area (Å²) < 4.78 is 0. The number of hydrogen-bond acceptors (Lipinski definition) is 3. The molecule has 0 aromatic rings. The van der Waals surface area contributed by atoms with Gasteiger partial charge >= 0.3 is 0 Å². The highest BCUT2D eigenvalue weighted by Crippen LogP contribution is 2.36. The molecule has 3 fully saturated rings. The van der Waals surface area contributed by atoms with E-state index in [-0.39, 0.29) is 11.3 Å². The summed E-state index contributed by atoms with van der Waals surface area (Å²) in [6.45, 7) is 8.19. The third-order valence-electron chi connectivity index (χ3n) is 5.52. The molecule has 23 heavy (non-hydrogen) atoms. The number of nitrogens with zero attached hydrogens (tertiary/aromatic N) is 3. The van der Waals surface area contributed by atoms with Gasteiger partial charge in [0.2, 0.25) is 5.91 Å². The maximum Gasteiger partial charge on any atom is 0.220 e. The highest BCUT2D eigenvalue weighted by Gasteiger charge is 2.42. The van der Waals surface area contributed by atoms with Gasteiger partial charge < -0.3 is 15.5 Å². The Kier molecular flexibility index (Phi) is 5.09. The number of hydrogen-bond donors (Lipinski definition) is 2. The van der Waals surface area contributed by atoms with Gasteiger partial charge in [-0.05, 0) is 32.2 Å². The van der Waals surface area contributed by atoms with Crippen molar-refractivity contribution in [1.82, 2.24) is 20.4 Å². The third kappa shape index (κ3) is 3.97. The minimum atomic E-state index is 0.121. The molecule has 2 aliphatic heterocycles. The molecule has 1 unspecified atom stereocenters. The Balaban J connectivity index is 1.50. The van der Waals surface area contributed by atoms with E-state index in [1.165, 1.54) is 12.8 Å². The van der Waals surface area contributed by atoms with Gasteiger partial charge in [-0.15, -0.1) is 0 Å². The van der Waals surface area contributed by atoms with Crippen molar-refractivity contribution in [2.24, 2.45) is 10.4 Å². The minimum Gasteiger partial charge on any atom is -0.355 e. The SMILES string of the molecule is CCN(CCNC(=NC)N1CCCC2(CNC(=O)C2)C1)C1CC1. The maximum absolute atomic E-state index is 11.6. The summed E-state index contributed by atoms with van der Waals surface area (Å²) in [5, 5.41) is 6.54. The quantitative estimate of drug-likeness (QED) is 0.576. The van der Waals surface area contributed by atoms with Crippen molar-refractivity contribution >= 4 is 11.9 Å². The normalized spacial score (nSPS) is 28.6. The molecule has 1 saturated carbocycles. The van der Waals surface area contributed by atoms with Gasteiger partial charge in [0.05, 0.1) is 0 Å². The predicted molar refractivity (Wildman–Crippen MR) is 92.5 cm³/mol. The number of likely N-dealkylation sites (tertiary alicyclic amines) is 1. The van der Waals surface area contributed by atoms with Crippen LogP contribution in [-0.2, 0) is 4.79 Å². The molecule has 3 aliphatic rings. The molecule has 0 bridgehead atoms. The number of nitrogens with one attached hydrogen (secondary N) is 2. The number of rotatable bonds is 5. The number of aliphatic imine (C=N–C) groups is 1. The zero-order valence-electron chi connectivity index (χ0n) is 14.6. The van der Waals surface area contributed by atoms with E-state index in [1.54, 1.807) is 0 Å². The second kappa shape index (κ2) is 7.07. The van der Waals surface area contributed by atoms with Crippen LogP contribution in [0.1, 0.15) is 39.0 Å². The van der Waals surface area contributed by atoms with Crippen LogP contribution in [0.4, 0.5) is 0 Å². The van der Waals surface area contributed by atoms with Gasteiger partial charge in [-0.1, -0.05) is 6.92 Å². The van der Waals surface area contributed by atoms with Crippen molar-refractivity contribution in [3.63, 3.8) is 0 Å². The predicted octanol–water partition coefficient (Wildman–Crippen LogP) is 0.648. The fraction of sp³-hybridized carbons (Fsp3) is 0.882. The molecule has 2 N–H and O–H groups in total. The first-order valence-corrected chi connectivity index (χ1v) is 9.12. The van der Waals surface area contributed by atoms with Gasteiger partial charge in [0, 0.05) is 57.6 Å². The molecule has 0 radical (unpaired) electrons. The monoisotopic (exact) mass is 321 g/mol. The average Bonchev–Trinajstić information content (AvgIpc) is 3.33. The van der Waals surface area contributed by atoms with Gasteiger partial charge in [0.25, 0.3) is 0 Å². The van der Waals surface area contributed by atoms with Crippen LogP contribution in [0.15, 0.2) is 4.99 Å². The number of carbonyl (C=O) groups excluding carboxylic acids is 1. The van der Waals surface area contributed by atoms with Crippen LogP contribution in [0.3, 0.4) is 0 Å². The Morgan fingerprint density at radius 1 is 1.52 bits per heavy atom. The molecule has 2 heterocycles. The largest absolute Gasteiger partial charge is 0.355 e. The van der Waals surface area contributed by atoms with Crippen molar-refractivity contribution in [3.8, 4) is 0 Å². The van der Waals surface area contributed by atoms with Gasteiger partial charge in [-0.3, -0.25) is 14.7 Å². The number of guanidine groups is 1. The second-order valence-electron chi connectivity index (χ2n) is 7.31. The van der Waals surface area contributed by atoms with E-state index >= 15 is 0 Å². The van der Waals surface area contributed by atoms with Gasteiger partial charge in [0.15, 0.2) is 5.96 Å². The molecule has 6 nitrogen and oxygen atoms in total. The van der Waals surface area contributed by atoms with Crippen molar-refractivity contribution < 1.29 is 4.79 Å². The molecule has 0 aromatic carbocycles. The lowest BCUT2D eigenvalue weighted by atomic mass is 9.79. The summed E-state index contributed by atoms with van der Waals surface area (Å²) in [7, 11) is 1.86. The van der Waals surface area contributed by atoms with Crippen LogP contribution in [0, 0.1) is 5.41 Å².